The first kappa shape index (κ1) is 20.4. The van der Waals surface area contributed by atoms with E-state index in [0.717, 1.165) is 0 Å². The molecule has 3 heteroatoms. The minimum absolute atomic E-state index is 0. The summed E-state index contributed by atoms with van der Waals surface area (Å²) in [6.07, 6.45) is 29.3. The molecule has 2 unspecified atom stereocenters. The molecule has 138 valence electrons. The van der Waals surface area contributed by atoms with Gasteiger partial charge in [0.05, 0.1) is 0 Å². The molecular formula is C20H36NiP2-2. The van der Waals surface area contributed by atoms with Crippen molar-refractivity contribution < 1.29 is 16.5 Å². The SMILES string of the molecule is C1=P2([CH-]CCCC2)CCCC1.C1=P2([CH-]CCCC2)CCCC1.[Ni]. The molecule has 0 aliphatic carbocycles. The molecule has 2 saturated heterocycles. The molecule has 0 aromatic heterocycles. The second-order valence-corrected chi connectivity index (χ2v) is 15.5. The van der Waals surface area contributed by atoms with Crippen molar-refractivity contribution in [2.24, 2.45) is 0 Å². The summed E-state index contributed by atoms with van der Waals surface area (Å²) in [5, 5.41) is 0. The van der Waals surface area contributed by atoms with Crippen molar-refractivity contribution in [1.29, 1.82) is 0 Å². The molecule has 0 N–H and O–H groups in total. The van der Waals surface area contributed by atoms with Gasteiger partial charge in [0.1, 0.15) is 0 Å². The Morgan fingerprint density at radius 1 is 0.522 bits per heavy atom. The van der Waals surface area contributed by atoms with Crippen molar-refractivity contribution in [2.45, 2.75) is 77.0 Å². The van der Waals surface area contributed by atoms with Crippen LogP contribution in [-0.4, -0.2) is 36.2 Å². The van der Waals surface area contributed by atoms with E-state index in [0.29, 0.717) is 0 Å². The van der Waals surface area contributed by atoms with Crippen molar-refractivity contribution in [2.75, 3.05) is 24.6 Å². The molecule has 0 saturated carbocycles. The van der Waals surface area contributed by atoms with Crippen LogP contribution in [0, 0.1) is 12.3 Å². The van der Waals surface area contributed by atoms with Gasteiger partial charge in [0, 0.05) is 16.5 Å². The maximum atomic E-state index is 2.70. The number of hydrogen-bond donors (Lipinski definition) is 0. The van der Waals surface area contributed by atoms with Crippen molar-refractivity contribution in [3.8, 4) is 0 Å². The van der Waals surface area contributed by atoms with Crippen LogP contribution in [0.25, 0.3) is 0 Å². The molecule has 4 aliphatic rings. The van der Waals surface area contributed by atoms with Crippen LogP contribution < -0.4 is 0 Å². The van der Waals surface area contributed by atoms with E-state index >= 15 is 0 Å². The molecule has 0 aromatic rings. The van der Waals surface area contributed by atoms with Gasteiger partial charge >= 0.3 is 0 Å². The van der Waals surface area contributed by atoms with Gasteiger partial charge in [0.25, 0.3) is 0 Å². The molecule has 0 nitrogen and oxygen atoms in total. The van der Waals surface area contributed by atoms with Gasteiger partial charge in [-0.15, -0.1) is 11.6 Å². The normalized spacial score (nSPS) is 36.9. The number of rotatable bonds is 0. The molecule has 2 atom stereocenters. The fourth-order valence-electron chi connectivity index (χ4n) is 4.70. The van der Waals surface area contributed by atoms with Gasteiger partial charge in [-0.2, -0.15) is 12.8 Å². The standard InChI is InChI=1S/2C10H18P.Ni/c2*1-3-7-11(8-4-1)9-5-2-6-10-11;/h2*7,9H,1-6,8,10H2;/q2*-1;. The fraction of sp³-hybridized carbons (Fsp3) is 0.800. The van der Waals surface area contributed by atoms with E-state index in [2.05, 4.69) is 23.9 Å². The smallest absolute Gasteiger partial charge is 0 e. The summed E-state index contributed by atoms with van der Waals surface area (Å²) < 4.78 is 0. The largest absolute Gasteiger partial charge is 0.300 e. The first-order chi connectivity index (χ1) is 10.8. The van der Waals surface area contributed by atoms with Gasteiger partial charge in [-0.3, -0.25) is 0 Å². The summed E-state index contributed by atoms with van der Waals surface area (Å²) in [5.41, 5.74) is 0. The monoisotopic (exact) mass is 396 g/mol. The summed E-state index contributed by atoms with van der Waals surface area (Å²) in [6.45, 7) is -1.07. The molecule has 2 fully saturated rings. The second-order valence-electron chi connectivity index (χ2n) is 7.81. The average molecular weight is 397 g/mol. The Balaban J connectivity index is 0.000000160. The van der Waals surface area contributed by atoms with Crippen LogP contribution in [0.15, 0.2) is 0 Å². The Morgan fingerprint density at radius 2 is 0.913 bits per heavy atom. The van der Waals surface area contributed by atoms with Crippen LogP contribution in [0.3, 0.4) is 0 Å². The predicted octanol–water partition coefficient (Wildman–Crippen LogP) is 6.67. The maximum Gasteiger partial charge on any atom is 0 e. The van der Waals surface area contributed by atoms with Crippen LogP contribution >= 0.6 is 13.8 Å². The Morgan fingerprint density at radius 3 is 1.17 bits per heavy atom. The summed E-state index contributed by atoms with van der Waals surface area (Å²) >= 11 is 0. The summed E-state index contributed by atoms with van der Waals surface area (Å²) in [5.74, 6) is 5.41. The third-order valence-corrected chi connectivity index (χ3v) is 14.6. The van der Waals surface area contributed by atoms with E-state index in [-0.39, 0.29) is 16.5 Å². The van der Waals surface area contributed by atoms with Gasteiger partial charge in [-0.05, 0) is 25.7 Å². The van der Waals surface area contributed by atoms with Crippen LogP contribution in [-0.2, 0) is 16.5 Å². The van der Waals surface area contributed by atoms with Crippen molar-refractivity contribution in [1.82, 2.24) is 0 Å². The van der Waals surface area contributed by atoms with Gasteiger partial charge < -0.3 is 12.3 Å². The molecule has 23 heavy (non-hydrogen) atoms. The minimum Gasteiger partial charge on any atom is -0.300 e. The van der Waals surface area contributed by atoms with E-state index in [1.807, 2.05) is 0 Å². The minimum atomic E-state index is -0.534. The quantitative estimate of drug-likeness (QED) is 0.243. The molecule has 0 bridgehead atoms. The molecule has 0 aromatic carbocycles. The van der Waals surface area contributed by atoms with Gasteiger partial charge in [-0.25, -0.2) is 13.8 Å². The topological polar surface area (TPSA) is 0 Å². The average Bonchev–Trinajstić information content (AvgIpc) is 2.58. The van der Waals surface area contributed by atoms with Gasteiger partial charge in [-0.1, -0.05) is 63.2 Å². The van der Waals surface area contributed by atoms with E-state index in [9.17, 15) is 0 Å². The summed E-state index contributed by atoms with van der Waals surface area (Å²) in [4.78, 5) is 0. The van der Waals surface area contributed by atoms with E-state index in [4.69, 9.17) is 0 Å². The Hall–Kier alpha value is 1.09. The van der Waals surface area contributed by atoms with E-state index < -0.39 is 13.8 Å². The van der Waals surface area contributed by atoms with Gasteiger partial charge in [0.15, 0.2) is 0 Å². The van der Waals surface area contributed by atoms with E-state index in [1.165, 1.54) is 77.0 Å². The Bertz CT molecular complexity index is 391. The zero-order chi connectivity index (χ0) is 15.1. The third-order valence-electron chi connectivity index (χ3n) is 6.09. The molecule has 0 radical (unpaired) electrons. The zero-order valence-corrected chi connectivity index (χ0v) is 17.6. The van der Waals surface area contributed by atoms with E-state index in [1.54, 1.807) is 24.6 Å². The van der Waals surface area contributed by atoms with Crippen LogP contribution in [0.4, 0.5) is 0 Å². The third kappa shape index (κ3) is 6.08. The number of hydrogen-bond acceptors (Lipinski definition) is 0. The van der Waals surface area contributed by atoms with Crippen LogP contribution in [0.1, 0.15) is 77.0 Å². The molecular weight excluding hydrogens is 361 g/mol. The molecule has 4 heterocycles. The first-order valence-corrected chi connectivity index (χ1v) is 14.5. The second kappa shape index (κ2) is 10.3. The summed E-state index contributed by atoms with van der Waals surface area (Å²) in [7, 11) is 0. The van der Waals surface area contributed by atoms with Gasteiger partial charge in [0.2, 0.25) is 0 Å². The Kier molecular flexibility index (Phi) is 9.13. The fourth-order valence-corrected chi connectivity index (χ4v) is 12.9. The molecule has 0 amide bonds. The van der Waals surface area contributed by atoms with Crippen LogP contribution in [0.2, 0.25) is 0 Å². The predicted molar refractivity (Wildman–Crippen MR) is 109 cm³/mol. The van der Waals surface area contributed by atoms with Crippen LogP contribution in [0.5, 0.6) is 0 Å². The molecule has 2 spiro atoms. The Labute approximate surface area is 155 Å². The first-order valence-electron chi connectivity index (χ1n) is 9.93. The zero-order valence-electron chi connectivity index (χ0n) is 14.8. The van der Waals surface area contributed by atoms with Crippen molar-refractivity contribution in [3.63, 3.8) is 0 Å². The van der Waals surface area contributed by atoms with Crippen molar-refractivity contribution in [3.05, 3.63) is 12.3 Å². The maximum absolute atomic E-state index is 2.70. The molecule has 4 aliphatic heterocycles. The summed E-state index contributed by atoms with van der Waals surface area (Å²) in [6, 6.07) is 0. The molecule has 4 rings (SSSR count). The van der Waals surface area contributed by atoms with Crippen molar-refractivity contribution >= 4 is 25.4 Å².